The fourth-order valence-electron chi connectivity index (χ4n) is 0.242. The van der Waals surface area contributed by atoms with Gasteiger partial charge in [-0.2, -0.15) is 4.39 Å². The van der Waals surface area contributed by atoms with Crippen molar-refractivity contribution in [3.05, 3.63) is 12.1 Å². The molecule has 0 spiro atoms. The van der Waals surface area contributed by atoms with Crippen molar-refractivity contribution in [1.29, 1.82) is 0 Å². The summed E-state index contributed by atoms with van der Waals surface area (Å²) in [7, 11) is 0. The Morgan fingerprint density at radius 1 is 2.00 bits per heavy atom. The highest BCUT2D eigenvalue weighted by molar-refractivity contribution is 5.40. The summed E-state index contributed by atoms with van der Waals surface area (Å²) < 4.78 is 15.5. The number of ether oxygens (including phenoxy) is 1. The lowest BCUT2D eigenvalue weighted by Gasteiger charge is -1.85. The molecule has 0 aliphatic carbocycles. The Balaban J connectivity index is 3.44. The highest BCUT2D eigenvalue weighted by Crippen LogP contribution is 1.96. The third kappa shape index (κ3) is 3.33. The molecule has 0 fully saturated rings. The van der Waals surface area contributed by atoms with E-state index in [1.807, 2.05) is 0 Å². The van der Waals surface area contributed by atoms with Crippen LogP contribution in [0.15, 0.2) is 12.1 Å². The van der Waals surface area contributed by atoms with E-state index in [-0.39, 0.29) is 0 Å². The average molecular weight is 117 g/mol. The quantitative estimate of drug-likeness (QED) is 0.520. The Hall–Kier alpha value is -0.860. The molecule has 2 nitrogen and oxygen atoms in total. The summed E-state index contributed by atoms with van der Waals surface area (Å²) in [5, 5.41) is 0. The lowest BCUT2D eigenvalue weighted by atomic mass is 10.5. The largest absolute Gasteiger partial charge is 0.425 e. The second-order valence-electron chi connectivity index (χ2n) is 1.10. The van der Waals surface area contributed by atoms with Gasteiger partial charge in [0.25, 0.3) is 6.01 Å². The van der Waals surface area contributed by atoms with Crippen LogP contribution in [-0.4, -0.2) is 6.47 Å². The van der Waals surface area contributed by atoms with Crippen LogP contribution in [0, 0.1) is 0 Å². The average Bonchev–Trinajstić information content (AvgIpc) is 1.68. The van der Waals surface area contributed by atoms with Crippen molar-refractivity contribution >= 4 is 6.47 Å². The number of rotatable bonds is 3. The van der Waals surface area contributed by atoms with Gasteiger partial charge in [0.2, 0.25) is 0 Å². The molecule has 0 aromatic carbocycles. The van der Waals surface area contributed by atoms with Crippen molar-refractivity contribution < 1.29 is 13.9 Å². The van der Waals surface area contributed by atoms with Gasteiger partial charge in [-0.3, -0.25) is 0 Å². The minimum Gasteiger partial charge on any atom is -0.390 e. The first-order valence-electron chi connectivity index (χ1n) is 2.21. The summed E-state index contributed by atoms with van der Waals surface area (Å²) in [4.78, 5) is 9.26. The zero-order valence-corrected chi connectivity index (χ0v) is 4.48. The van der Waals surface area contributed by atoms with Crippen molar-refractivity contribution in [3.8, 4) is 0 Å². The summed E-state index contributed by atoms with van der Waals surface area (Å²) in [5.74, 6) is 0. The lowest BCUT2D eigenvalue weighted by Crippen LogP contribution is -1.80. The van der Waals surface area contributed by atoms with Crippen molar-refractivity contribution in [1.82, 2.24) is 0 Å². The number of carbonyl (C=O) groups excluding carboxylic acids is 1. The van der Waals surface area contributed by atoms with Crippen LogP contribution in [0.3, 0.4) is 0 Å². The van der Waals surface area contributed by atoms with Crippen LogP contribution in [-0.2, 0) is 9.53 Å². The Kier molecular flexibility index (Phi) is 3.84. The fourth-order valence-corrected chi connectivity index (χ4v) is 0.242. The highest BCUT2D eigenvalue weighted by atomic mass is 19.1. The van der Waals surface area contributed by atoms with Gasteiger partial charge in [-0.1, -0.05) is 6.92 Å². The summed E-state index contributed by atoms with van der Waals surface area (Å²) in [6.45, 7) is 2.69. The molecule has 0 bridgehead atoms. The molecule has 3 heteroatoms. The first-order chi connectivity index (χ1) is 3.81. The molecule has 0 aromatic rings. The van der Waals surface area contributed by atoms with Crippen LogP contribution in [0.2, 0.25) is 0 Å². The minimum atomic E-state index is -0.887. The van der Waals surface area contributed by atoms with E-state index in [4.69, 9.17) is 0 Å². The van der Waals surface area contributed by atoms with Gasteiger partial charge in [0, 0.05) is 0 Å². The molecule has 0 saturated carbocycles. The summed E-state index contributed by atoms with van der Waals surface area (Å²) in [6.07, 6.45) is 1.65. The zero-order valence-electron chi connectivity index (χ0n) is 4.48. The fraction of sp³-hybridized carbons (Fsp3) is 0.400. The molecule has 0 saturated heterocycles. The highest BCUT2D eigenvalue weighted by Gasteiger charge is 1.88. The van der Waals surface area contributed by atoms with Gasteiger partial charge in [-0.25, -0.2) is 4.79 Å². The van der Waals surface area contributed by atoms with Crippen LogP contribution >= 0.6 is 0 Å². The molecule has 0 aliphatic heterocycles. The Morgan fingerprint density at radius 3 is 3.00 bits per heavy atom. The molecule has 0 rings (SSSR count). The lowest BCUT2D eigenvalue weighted by molar-refractivity contribution is 0.269. The van der Waals surface area contributed by atoms with E-state index in [1.54, 1.807) is 6.92 Å². The predicted octanol–water partition coefficient (Wildman–Crippen LogP) is 1.29. The molecule has 1 radical (unpaired) electrons. The Morgan fingerprint density at radius 2 is 2.62 bits per heavy atom. The first-order valence-corrected chi connectivity index (χ1v) is 2.21. The van der Waals surface area contributed by atoms with E-state index in [0.717, 1.165) is 12.5 Å². The van der Waals surface area contributed by atoms with Crippen LogP contribution in [0.5, 0.6) is 0 Å². The molecule has 0 heterocycles. The number of allylic oxidation sites excluding steroid dienone is 1. The van der Waals surface area contributed by atoms with Crippen molar-refractivity contribution in [2.45, 2.75) is 13.3 Å². The van der Waals surface area contributed by atoms with Crippen molar-refractivity contribution in [2.75, 3.05) is 0 Å². The van der Waals surface area contributed by atoms with Gasteiger partial charge in [-0.15, -0.1) is 0 Å². The Labute approximate surface area is 47.0 Å². The third-order valence-corrected chi connectivity index (χ3v) is 0.504. The third-order valence-electron chi connectivity index (χ3n) is 0.504. The molecule has 0 N–H and O–H groups in total. The molecule has 0 aromatic heterocycles. The number of halogens is 1. The molecule has 0 atom stereocenters. The standard InChI is InChI=1S/C5H6FO2/c1-2-3-5(6)8-4-7/h3H,2H2,1H3/b5-3+. The number of hydrogen-bond acceptors (Lipinski definition) is 2. The molecule has 8 heavy (non-hydrogen) atoms. The predicted molar refractivity (Wildman–Crippen MR) is 26.3 cm³/mol. The summed E-state index contributed by atoms with van der Waals surface area (Å²) in [6, 6.07) is -0.887. The zero-order chi connectivity index (χ0) is 6.41. The monoisotopic (exact) mass is 117 g/mol. The van der Waals surface area contributed by atoms with Crippen LogP contribution < -0.4 is 0 Å². The van der Waals surface area contributed by atoms with Gasteiger partial charge in [-0.05, 0) is 12.5 Å². The second kappa shape index (κ2) is 4.30. The van der Waals surface area contributed by atoms with Gasteiger partial charge >= 0.3 is 6.47 Å². The van der Waals surface area contributed by atoms with Gasteiger partial charge in [0.05, 0.1) is 0 Å². The normalized spacial score (nSPS) is 11.0. The van der Waals surface area contributed by atoms with Gasteiger partial charge in [0.15, 0.2) is 0 Å². The van der Waals surface area contributed by atoms with Gasteiger partial charge in [0.1, 0.15) is 0 Å². The smallest absolute Gasteiger partial charge is 0.390 e. The minimum absolute atomic E-state index is 0.507. The van der Waals surface area contributed by atoms with Crippen LogP contribution in [0.4, 0.5) is 4.39 Å². The molecular weight excluding hydrogens is 111 g/mol. The summed E-state index contributed by atoms with van der Waals surface area (Å²) >= 11 is 0. The Bertz CT molecular complexity index is 98.6. The van der Waals surface area contributed by atoms with E-state index < -0.39 is 6.01 Å². The van der Waals surface area contributed by atoms with Crippen molar-refractivity contribution in [3.63, 3.8) is 0 Å². The maximum Gasteiger partial charge on any atom is 0.425 e. The van der Waals surface area contributed by atoms with Crippen LogP contribution in [0.1, 0.15) is 13.3 Å². The molecule has 45 valence electrons. The molecule has 0 unspecified atom stereocenters. The second-order valence-corrected chi connectivity index (χ2v) is 1.10. The van der Waals surface area contributed by atoms with E-state index >= 15 is 0 Å². The van der Waals surface area contributed by atoms with E-state index in [9.17, 15) is 9.18 Å². The number of hydrogen-bond donors (Lipinski definition) is 0. The molecule has 0 amide bonds. The van der Waals surface area contributed by atoms with Gasteiger partial charge < -0.3 is 4.74 Å². The first kappa shape index (κ1) is 7.14. The molecule has 0 aliphatic rings. The van der Waals surface area contributed by atoms with Crippen molar-refractivity contribution in [2.24, 2.45) is 0 Å². The van der Waals surface area contributed by atoms with E-state index in [2.05, 4.69) is 4.74 Å². The molecular formula is C5H6FO2. The SMILES string of the molecule is CC/C=C(\F)O[C]=O. The van der Waals surface area contributed by atoms with E-state index in [1.165, 1.54) is 0 Å². The maximum absolute atomic E-state index is 11.8. The topological polar surface area (TPSA) is 26.3 Å². The summed E-state index contributed by atoms with van der Waals surface area (Å²) in [5.41, 5.74) is 0. The van der Waals surface area contributed by atoms with Crippen LogP contribution in [0.25, 0.3) is 0 Å². The van der Waals surface area contributed by atoms with E-state index in [0.29, 0.717) is 6.42 Å². The maximum atomic E-state index is 11.8.